The maximum atomic E-state index is 13.0. The number of aromatic nitrogens is 4. The van der Waals surface area contributed by atoms with Crippen molar-refractivity contribution < 1.29 is 14.1 Å². The Morgan fingerprint density at radius 3 is 3.09 bits per heavy atom. The summed E-state index contributed by atoms with van der Waals surface area (Å²) in [6.07, 6.45) is 6.01. The number of carbonyl (C=O) groups excluding carboxylic acids is 1. The average molecular weight is 317 g/mol. The van der Waals surface area contributed by atoms with Crippen molar-refractivity contribution in [1.29, 1.82) is 0 Å². The first kappa shape index (κ1) is 14.4. The van der Waals surface area contributed by atoms with Gasteiger partial charge in [-0.25, -0.2) is 4.98 Å². The van der Waals surface area contributed by atoms with Crippen LogP contribution in [0.15, 0.2) is 10.9 Å². The first-order chi connectivity index (χ1) is 11.3. The van der Waals surface area contributed by atoms with Crippen molar-refractivity contribution in [3.8, 4) is 0 Å². The molecule has 1 amide bonds. The highest BCUT2D eigenvalue weighted by Gasteiger charge is 2.40. The summed E-state index contributed by atoms with van der Waals surface area (Å²) in [4.78, 5) is 19.0. The molecule has 0 unspecified atom stereocenters. The second-order valence-electron chi connectivity index (χ2n) is 6.08. The average Bonchev–Trinajstić information content (AvgIpc) is 3.31. The van der Waals surface area contributed by atoms with Crippen LogP contribution in [0.25, 0.3) is 0 Å². The van der Waals surface area contributed by atoms with Crippen LogP contribution >= 0.6 is 0 Å². The van der Waals surface area contributed by atoms with E-state index in [-0.39, 0.29) is 18.1 Å². The molecule has 122 valence electrons. The van der Waals surface area contributed by atoms with Crippen molar-refractivity contribution in [1.82, 2.24) is 25.2 Å². The van der Waals surface area contributed by atoms with Crippen LogP contribution in [0, 0.1) is 0 Å². The Hall–Kier alpha value is -2.22. The Balaban J connectivity index is 1.65. The van der Waals surface area contributed by atoms with Gasteiger partial charge in [0.25, 0.3) is 5.91 Å². The van der Waals surface area contributed by atoms with Crippen LogP contribution in [0.2, 0.25) is 0 Å². The molecular weight excluding hydrogens is 298 g/mol. The van der Waals surface area contributed by atoms with Crippen LogP contribution in [0.1, 0.15) is 52.9 Å². The van der Waals surface area contributed by atoms with Gasteiger partial charge in [-0.15, -0.1) is 0 Å². The summed E-state index contributed by atoms with van der Waals surface area (Å²) >= 11 is 0. The number of fused-ring (bicyclic) bond motifs is 1. The predicted octanol–water partition coefficient (Wildman–Crippen LogP) is 1.27. The molecule has 2 aromatic rings. The molecule has 0 bridgehead atoms. The Bertz CT molecular complexity index is 696. The van der Waals surface area contributed by atoms with Crippen molar-refractivity contribution in [3.05, 3.63) is 29.2 Å². The standard InChI is InChI=1S/C15H19N5O3/c1-22-9-6-11(14-16-8-17-18-14)20(7-9)15(21)13-10-4-2-3-5-12(10)23-19-13/h8-9,11H,2-7H2,1H3,(H,16,17,18)/t9-,11+/m1/s1. The van der Waals surface area contributed by atoms with Gasteiger partial charge in [-0.3, -0.25) is 9.89 Å². The monoisotopic (exact) mass is 317 g/mol. The minimum absolute atomic E-state index is 0.0169. The van der Waals surface area contributed by atoms with Gasteiger partial charge in [0, 0.05) is 32.1 Å². The molecule has 8 heteroatoms. The van der Waals surface area contributed by atoms with Crippen molar-refractivity contribution >= 4 is 5.91 Å². The van der Waals surface area contributed by atoms with Crippen LogP contribution in [0.3, 0.4) is 0 Å². The zero-order valence-corrected chi connectivity index (χ0v) is 13.0. The van der Waals surface area contributed by atoms with Gasteiger partial charge < -0.3 is 14.2 Å². The van der Waals surface area contributed by atoms with E-state index in [4.69, 9.17) is 9.26 Å². The summed E-state index contributed by atoms with van der Waals surface area (Å²) in [7, 11) is 1.66. The Morgan fingerprint density at radius 2 is 2.30 bits per heavy atom. The first-order valence-corrected chi connectivity index (χ1v) is 7.94. The van der Waals surface area contributed by atoms with E-state index in [0.29, 0.717) is 24.5 Å². The van der Waals surface area contributed by atoms with E-state index >= 15 is 0 Å². The van der Waals surface area contributed by atoms with E-state index in [1.807, 2.05) is 0 Å². The van der Waals surface area contributed by atoms with Crippen LogP contribution in [0.4, 0.5) is 0 Å². The quantitative estimate of drug-likeness (QED) is 0.915. The van der Waals surface area contributed by atoms with Gasteiger partial charge in [-0.1, -0.05) is 5.16 Å². The maximum absolute atomic E-state index is 13.0. The fraction of sp³-hybridized carbons (Fsp3) is 0.600. The van der Waals surface area contributed by atoms with Crippen molar-refractivity contribution in [2.45, 2.75) is 44.2 Å². The summed E-state index contributed by atoms with van der Waals surface area (Å²) in [6, 6.07) is -0.175. The highest BCUT2D eigenvalue weighted by molar-refractivity contribution is 5.94. The van der Waals surface area contributed by atoms with Gasteiger partial charge in [-0.05, 0) is 19.3 Å². The van der Waals surface area contributed by atoms with Crippen LogP contribution in [0.5, 0.6) is 0 Å². The fourth-order valence-electron chi connectivity index (χ4n) is 3.52. The van der Waals surface area contributed by atoms with Gasteiger partial charge in [0.1, 0.15) is 17.9 Å². The number of hydrogen-bond acceptors (Lipinski definition) is 6. The summed E-state index contributed by atoms with van der Waals surface area (Å²) in [5.74, 6) is 1.42. The molecule has 1 saturated heterocycles. The number of ether oxygens (including phenoxy) is 1. The summed E-state index contributed by atoms with van der Waals surface area (Å²) in [5, 5.41) is 10.8. The lowest BCUT2D eigenvalue weighted by Crippen LogP contribution is -2.33. The highest BCUT2D eigenvalue weighted by Crippen LogP contribution is 2.34. The third kappa shape index (κ3) is 2.42. The molecular formula is C15H19N5O3. The molecule has 8 nitrogen and oxygen atoms in total. The number of likely N-dealkylation sites (tertiary alicyclic amines) is 1. The third-order valence-electron chi connectivity index (χ3n) is 4.76. The van der Waals surface area contributed by atoms with E-state index in [1.165, 1.54) is 6.33 Å². The zero-order chi connectivity index (χ0) is 15.8. The number of rotatable bonds is 3. The maximum Gasteiger partial charge on any atom is 0.277 e. The Labute approximate surface area is 133 Å². The lowest BCUT2D eigenvalue weighted by Gasteiger charge is -2.22. The van der Waals surface area contributed by atoms with E-state index in [1.54, 1.807) is 12.0 Å². The number of nitrogens with zero attached hydrogens (tertiary/aromatic N) is 4. The normalized spacial score (nSPS) is 24.0. The minimum Gasteiger partial charge on any atom is -0.380 e. The van der Waals surface area contributed by atoms with Crippen LogP contribution in [-0.2, 0) is 17.6 Å². The molecule has 1 aliphatic heterocycles. The summed E-state index contributed by atoms with van der Waals surface area (Å²) < 4.78 is 10.8. The van der Waals surface area contributed by atoms with E-state index < -0.39 is 0 Å². The molecule has 2 aliphatic rings. The lowest BCUT2D eigenvalue weighted by molar-refractivity contribution is 0.0673. The molecule has 3 heterocycles. The molecule has 4 rings (SSSR count). The largest absolute Gasteiger partial charge is 0.380 e. The van der Waals surface area contributed by atoms with E-state index in [9.17, 15) is 4.79 Å². The fourth-order valence-corrected chi connectivity index (χ4v) is 3.52. The number of nitrogens with one attached hydrogen (secondary N) is 1. The number of aromatic amines is 1. The summed E-state index contributed by atoms with van der Waals surface area (Å²) in [6.45, 7) is 0.516. The van der Waals surface area contributed by atoms with Gasteiger partial charge in [0.05, 0.1) is 12.1 Å². The number of amides is 1. The lowest BCUT2D eigenvalue weighted by atomic mass is 9.96. The Morgan fingerprint density at radius 1 is 1.43 bits per heavy atom. The molecule has 2 aromatic heterocycles. The molecule has 2 atom stereocenters. The number of H-pyrrole nitrogens is 1. The summed E-state index contributed by atoms with van der Waals surface area (Å²) in [5.41, 5.74) is 1.42. The molecule has 0 radical (unpaired) electrons. The molecule has 0 aromatic carbocycles. The second-order valence-corrected chi connectivity index (χ2v) is 6.08. The molecule has 0 spiro atoms. The van der Waals surface area contributed by atoms with Gasteiger partial charge in [-0.2, -0.15) is 5.10 Å². The molecule has 1 N–H and O–H groups in total. The third-order valence-corrected chi connectivity index (χ3v) is 4.76. The molecule has 23 heavy (non-hydrogen) atoms. The number of methoxy groups -OCH3 is 1. The van der Waals surface area contributed by atoms with Crippen LogP contribution in [-0.4, -0.2) is 50.9 Å². The number of carbonyl (C=O) groups is 1. The SMILES string of the molecule is CO[C@@H]1C[C@@H](c2ncn[nH]2)N(C(=O)c2noc3c2CCCC3)C1. The van der Waals surface area contributed by atoms with Gasteiger partial charge in [0.2, 0.25) is 0 Å². The minimum atomic E-state index is -0.175. The van der Waals surface area contributed by atoms with E-state index in [0.717, 1.165) is 37.0 Å². The van der Waals surface area contributed by atoms with Crippen LogP contribution < -0.4 is 0 Å². The second kappa shape index (κ2) is 5.77. The topological polar surface area (TPSA) is 97.1 Å². The number of hydrogen-bond donors (Lipinski definition) is 1. The van der Waals surface area contributed by atoms with Gasteiger partial charge >= 0.3 is 0 Å². The number of aryl methyl sites for hydroxylation is 1. The molecule has 0 saturated carbocycles. The zero-order valence-electron chi connectivity index (χ0n) is 13.0. The first-order valence-electron chi connectivity index (χ1n) is 7.94. The van der Waals surface area contributed by atoms with Crippen molar-refractivity contribution in [2.75, 3.05) is 13.7 Å². The van der Waals surface area contributed by atoms with Crippen molar-refractivity contribution in [3.63, 3.8) is 0 Å². The molecule has 1 fully saturated rings. The predicted molar refractivity (Wildman–Crippen MR) is 78.7 cm³/mol. The highest BCUT2D eigenvalue weighted by atomic mass is 16.5. The van der Waals surface area contributed by atoms with E-state index in [2.05, 4.69) is 20.3 Å². The van der Waals surface area contributed by atoms with Crippen molar-refractivity contribution in [2.24, 2.45) is 0 Å². The van der Waals surface area contributed by atoms with Gasteiger partial charge in [0.15, 0.2) is 5.69 Å². The smallest absolute Gasteiger partial charge is 0.277 e. The Kier molecular flexibility index (Phi) is 3.60. The molecule has 1 aliphatic carbocycles.